The molecule has 1 unspecified atom stereocenters. The van der Waals surface area contributed by atoms with Gasteiger partial charge in [0.2, 0.25) is 0 Å². The van der Waals surface area contributed by atoms with Crippen molar-refractivity contribution in [1.29, 1.82) is 0 Å². The number of aliphatic carboxylic acids is 1. The summed E-state index contributed by atoms with van der Waals surface area (Å²) < 4.78 is 27.2. The molecule has 0 fully saturated rings. The molecule has 144 valence electrons. The molecule has 0 spiro atoms. The second-order valence-electron chi connectivity index (χ2n) is 6.49. The third-order valence-corrected chi connectivity index (χ3v) is 5.14. The first-order valence-corrected chi connectivity index (χ1v) is 9.89. The highest BCUT2D eigenvalue weighted by Crippen LogP contribution is 2.17. The number of carboxylic acid groups (broad SMARTS) is 1. The van der Waals surface area contributed by atoms with Gasteiger partial charge in [0.25, 0.3) is 15.9 Å². The van der Waals surface area contributed by atoms with Crippen molar-refractivity contribution in [3.63, 3.8) is 0 Å². The van der Waals surface area contributed by atoms with Gasteiger partial charge in [-0.2, -0.15) is 0 Å². The van der Waals surface area contributed by atoms with Crippen LogP contribution >= 0.6 is 0 Å². The van der Waals surface area contributed by atoms with Crippen LogP contribution in [0.1, 0.15) is 30.6 Å². The van der Waals surface area contributed by atoms with E-state index in [0.717, 1.165) is 0 Å². The van der Waals surface area contributed by atoms with Gasteiger partial charge in [0.15, 0.2) is 0 Å². The van der Waals surface area contributed by atoms with E-state index in [1.54, 1.807) is 18.2 Å². The van der Waals surface area contributed by atoms with Crippen molar-refractivity contribution in [2.45, 2.75) is 31.2 Å². The molecule has 27 heavy (non-hydrogen) atoms. The standard InChI is InChI=1S/C19H22N2O5S/c1-13(2)11-17(19(23)24)20-18(22)14-7-6-8-15(12-14)21-27(25,26)16-9-4-3-5-10-16/h3-10,12-13,17,21H,11H2,1-2H3,(H,20,22)(H,23,24). The molecule has 3 N–H and O–H groups in total. The minimum Gasteiger partial charge on any atom is -0.480 e. The number of hydrogen-bond acceptors (Lipinski definition) is 4. The molecule has 0 saturated heterocycles. The lowest BCUT2D eigenvalue weighted by molar-refractivity contribution is -0.139. The Morgan fingerprint density at radius 2 is 1.70 bits per heavy atom. The van der Waals surface area contributed by atoms with Crippen LogP contribution in [0.2, 0.25) is 0 Å². The summed E-state index contributed by atoms with van der Waals surface area (Å²) in [6.07, 6.45) is 0.293. The molecular formula is C19H22N2O5S. The number of carbonyl (C=O) groups excluding carboxylic acids is 1. The predicted octanol–water partition coefficient (Wildman–Crippen LogP) is 2.72. The minimum atomic E-state index is -3.78. The quantitative estimate of drug-likeness (QED) is 0.641. The zero-order valence-corrected chi connectivity index (χ0v) is 15.9. The molecule has 0 aliphatic rings. The topological polar surface area (TPSA) is 113 Å². The molecule has 0 aliphatic heterocycles. The Morgan fingerprint density at radius 3 is 2.30 bits per heavy atom. The number of nitrogens with one attached hydrogen (secondary N) is 2. The number of hydrogen-bond donors (Lipinski definition) is 3. The van der Waals surface area contributed by atoms with Gasteiger partial charge in [-0.15, -0.1) is 0 Å². The van der Waals surface area contributed by atoms with Crippen LogP contribution in [-0.2, 0) is 14.8 Å². The monoisotopic (exact) mass is 390 g/mol. The van der Waals surface area contributed by atoms with Crippen LogP contribution < -0.4 is 10.0 Å². The molecule has 0 heterocycles. The molecule has 0 aliphatic carbocycles. The summed E-state index contributed by atoms with van der Waals surface area (Å²) in [6.45, 7) is 3.72. The van der Waals surface area contributed by atoms with Gasteiger partial charge in [0.1, 0.15) is 6.04 Å². The third kappa shape index (κ3) is 5.82. The van der Waals surface area contributed by atoms with Gasteiger partial charge < -0.3 is 10.4 Å². The van der Waals surface area contributed by atoms with E-state index < -0.39 is 27.9 Å². The average Bonchev–Trinajstić information content (AvgIpc) is 2.61. The Kier molecular flexibility index (Phi) is 6.57. The highest BCUT2D eigenvalue weighted by molar-refractivity contribution is 7.92. The van der Waals surface area contributed by atoms with Crippen LogP contribution in [0.3, 0.4) is 0 Å². The first-order valence-electron chi connectivity index (χ1n) is 8.40. The van der Waals surface area contributed by atoms with Crippen LogP contribution in [0.25, 0.3) is 0 Å². The fourth-order valence-corrected chi connectivity index (χ4v) is 3.54. The summed E-state index contributed by atoms with van der Waals surface area (Å²) in [5.41, 5.74) is 0.375. The van der Waals surface area contributed by atoms with E-state index in [0.29, 0.717) is 6.42 Å². The van der Waals surface area contributed by atoms with Gasteiger partial charge in [-0.1, -0.05) is 38.1 Å². The van der Waals surface area contributed by atoms with E-state index in [1.807, 2.05) is 13.8 Å². The maximum absolute atomic E-state index is 12.4. The van der Waals surface area contributed by atoms with Crippen molar-refractivity contribution in [1.82, 2.24) is 5.32 Å². The first kappa shape index (κ1) is 20.4. The zero-order chi connectivity index (χ0) is 20.0. The van der Waals surface area contributed by atoms with Gasteiger partial charge >= 0.3 is 5.97 Å². The molecule has 2 aromatic rings. The van der Waals surface area contributed by atoms with Crippen molar-refractivity contribution in [3.8, 4) is 0 Å². The lowest BCUT2D eigenvalue weighted by Gasteiger charge is -2.17. The molecule has 7 nitrogen and oxygen atoms in total. The summed E-state index contributed by atoms with van der Waals surface area (Å²) in [4.78, 5) is 23.8. The largest absolute Gasteiger partial charge is 0.480 e. The van der Waals surface area contributed by atoms with Crippen LogP contribution in [0.4, 0.5) is 5.69 Å². The molecule has 0 bridgehead atoms. The SMILES string of the molecule is CC(C)CC(NC(=O)c1cccc(NS(=O)(=O)c2ccccc2)c1)C(=O)O. The minimum absolute atomic E-state index is 0.0930. The van der Waals surface area contributed by atoms with E-state index in [-0.39, 0.29) is 22.1 Å². The average molecular weight is 390 g/mol. The van der Waals surface area contributed by atoms with Crippen molar-refractivity contribution < 1.29 is 23.1 Å². The van der Waals surface area contributed by atoms with Crippen LogP contribution in [0, 0.1) is 5.92 Å². The number of benzene rings is 2. The Hall–Kier alpha value is -2.87. The number of carboxylic acids is 1. The summed E-state index contributed by atoms with van der Waals surface area (Å²) in [5.74, 6) is -1.60. The smallest absolute Gasteiger partial charge is 0.326 e. The second-order valence-corrected chi connectivity index (χ2v) is 8.18. The van der Waals surface area contributed by atoms with Gasteiger partial charge in [-0.05, 0) is 42.7 Å². The van der Waals surface area contributed by atoms with E-state index >= 15 is 0 Å². The van der Waals surface area contributed by atoms with Crippen molar-refractivity contribution in [2.24, 2.45) is 5.92 Å². The number of anilines is 1. The molecule has 1 atom stereocenters. The number of amides is 1. The fourth-order valence-electron chi connectivity index (χ4n) is 2.47. The molecular weight excluding hydrogens is 368 g/mol. The summed E-state index contributed by atoms with van der Waals surface area (Å²) >= 11 is 0. The molecule has 0 saturated carbocycles. The van der Waals surface area contributed by atoms with E-state index in [1.165, 1.54) is 36.4 Å². The van der Waals surface area contributed by atoms with Gasteiger partial charge in [-0.25, -0.2) is 13.2 Å². The van der Waals surface area contributed by atoms with Gasteiger partial charge in [0, 0.05) is 11.3 Å². The highest BCUT2D eigenvalue weighted by atomic mass is 32.2. The van der Waals surface area contributed by atoms with E-state index in [2.05, 4.69) is 10.0 Å². The van der Waals surface area contributed by atoms with Crippen LogP contribution in [-0.4, -0.2) is 31.4 Å². The summed E-state index contributed by atoms with van der Waals surface area (Å²) in [6, 6.07) is 12.7. The van der Waals surface area contributed by atoms with Crippen LogP contribution in [0.15, 0.2) is 59.5 Å². The second kappa shape index (κ2) is 8.68. The Bertz CT molecular complexity index is 911. The van der Waals surface area contributed by atoms with Gasteiger partial charge in [0.05, 0.1) is 4.90 Å². The number of rotatable bonds is 8. The third-order valence-electron chi connectivity index (χ3n) is 3.74. The first-order chi connectivity index (χ1) is 12.7. The maximum atomic E-state index is 12.4. The normalized spacial score (nSPS) is 12.4. The highest BCUT2D eigenvalue weighted by Gasteiger charge is 2.22. The Balaban J connectivity index is 2.17. The Morgan fingerprint density at radius 1 is 1.04 bits per heavy atom. The predicted molar refractivity (Wildman–Crippen MR) is 102 cm³/mol. The van der Waals surface area contributed by atoms with E-state index in [9.17, 15) is 23.1 Å². The van der Waals surface area contributed by atoms with Crippen molar-refractivity contribution >= 4 is 27.6 Å². The van der Waals surface area contributed by atoms with Crippen LogP contribution in [0.5, 0.6) is 0 Å². The summed E-state index contributed by atoms with van der Waals surface area (Å²) in [5, 5.41) is 11.7. The molecule has 0 radical (unpaired) electrons. The summed E-state index contributed by atoms with van der Waals surface area (Å²) in [7, 11) is -3.78. The van der Waals surface area contributed by atoms with Crippen molar-refractivity contribution in [3.05, 3.63) is 60.2 Å². The lowest BCUT2D eigenvalue weighted by atomic mass is 10.0. The molecule has 8 heteroatoms. The molecule has 2 rings (SSSR count). The lowest BCUT2D eigenvalue weighted by Crippen LogP contribution is -2.41. The molecule has 1 amide bonds. The molecule has 0 aromatic heterocycles. The fraction of sp³-hybridized carbons (Fsp3) is 0.263. The van der Waals surface area contributed by atoms with Gasteiger partial charge in [-0.3, -0.25) is 9.52 Å². The number of carbonyl (C=O) groups is 2. The zero-order valence-electron chi connectivity index (χ0n) is 15.0. The Labute approximate surface area is 158 Å². The maximum Gasteiger partial charge on any atom is 0.326 e. The number of sulfonamides is 1. The molecule has 2 aromatic carbocycles. The van der Waals surface area contributed by atoms with E-state index in [4.69, 9.17) is 0 Å². The van der Waals surface area contributed by atoms with Crippen molar-refractivity contribution in [2.75, 3.05) is 4.72 Å².